The van der Waals surface area contributed by atoms with Gasteiger partial charge < -0.3 is 20.5 Å². The van der Waals surface area contributed by atoms with Crippen molar-refractivity contribution in [1.29, 1.82) is 0 Å². The summed E-state index contributed by atoms with van der Waals surface area (Å²) in [4.78, 5) is 15.5. The summed E-state index contributed by atoms with van der Waals surface area (Å²) in [5.41, 5.74) is 6.70. The quantitative estimate of drug-likeness (QED) is 0.757. The van der Waals surface area contributed by atoms with E-state index in [0.29, 0.717) is 37.2 Å². The highest BCUT2D eigenvalue weighted by Crippen LogP contribution is 2.36. The number of nitrogens with one attached hydrogen (secondary N) is 1. The van der Waals surface area contributed by atoms with Crippen molar-refractivity contribution >= 4 is 23.3 Å². The topological polar surface area (TPSA) is 86.5 Å². The number of hydrogen-bond acceptors (Lipinski definition) is 5. The lowest BCUT2D eigenvalue weighted by atomic mass is 9.74. The zero-order chi connectivity index (χ0) is 19.3. The van der Waals surface area contributed by atoms with Gasteiger partial charge in [-0.25, -0.2) is 4.98 Å². The van der Waals surface area contributed by atoms with E-state index in [1.807, 2.05) is 19.1 Å². The van der Waals surface area contributed by atoms with Crippen LogP contribution < -0.4 is 15.8 Å². The van der Waals surface area contributed by atoms with Gasteiger partial charge in [0.05, 0.1) is 17.2 Å². The molecule has 2 heterocycles. The number of carbonyl (C=O) groups excluding carboxylic acids is 1. The average molecular weight is 390 g/mol. The zero-order valence-corrected chi connectivity index (χ0v) is 16.1. The summed E-state index contributed by atoms with van der Waals surface area (Å²) in [5.74, 6) is 0.855. The first kappa shape index (κ1) is 19.5. The Morgan fingerprint density at radius 3 is 2.63 bits per heavy atom. The molecule has 1 aliphatic heterocycles. The normalized spacial score (nSPS) is 15.9. The van der Waals surface area contributed by atoms with Gasteiger partial charge >= 0.3 is 0 Å². The number of ether oxygens (including phenoxy) is 2. The largest absolute Gasteiger partial charge is 0.494 e. The lowest BCUT2D eigenvalue weighted by Crippen LogP contribution is -2.40. The fraction of sp³-hybridized carbons (Fsp3) is 0.400. The number of halogens is 1. The number of pyridine rings is 1. The minimum Gasteiger partial charge on any atom is -0.494 e. The molecule has 0 radical (unpaired) electrons. The molecule has 1 fully saturated rings. The lowest BCUT2D eigenvalue weighted by molar-refractivity contribution is 0.0543. The second kappa shape index (κ2) is 8.59. The van der Waals surface area contributed by atoms with Crippen molar-refractivity contribution in [3.63, 3.8) is 0 Å². The molecule has 0 spiro atoms. The van der Waals surface area contributed by atoms with E-state index in [1.165, 1.54) is 17.8 Å². The van der Waals surface area contributed by atoms with Crippen molar-refractivity contribution in [1.82, 2.24) is 4.98 Å². The van der Waals surface area contributed by atoms with E-state index in [4.69, 9.17) is 26.8 Å². The minimum atomic E-state index is -0.550. The van der Waals surface area contributed by atoms with Gasteiger partial charge in [-0.2, -0.15) is 0 Å². The summed E-state index contributed by atoms with van der Waals surface area (Å²) in [7, 11) is 0. The molecule has 1 aromatic carbocycles. The predicted molar refractivity (Wildman–Crippen MR) is 106 cm³/mol. The van der Waals surface area contributed by atoms with Crippen molar-refractivity contribution in [2.24, 2.45) is 5.73 Å². The van der Waals surface area contributed by atoms with Crippen LogP contribution in [0.3, 0.4) is 0 Å². The monoisotopic (exact) mass is 389 g/mol. The number of nitrogens with zero attached hydrogens (tertiary/aromatic N) is 1. The van der Waals surface area contributed by atoms with Crippen LogP contribution in [0.4, 0.5) is 5.82 Å². The molecule has 1 amide bonds. The van der Waals surface area contributed by atoms with E-state index < -0.39 is 5.91 Å². The number of aromatic nitrogens is 1. The molecule has 0 unspecified atom stereocenters. The van der Waals surface area contributed by atoms with Crippen LogP contribution in [0.1, 0.15) is 35.7 Å². The van der Waals surface area contributed by atoms with E-state index >= 15 is 0 Å². The van der Waals surface area contributed by atoms with Gasteiger partial charge in [0.2, 0.25) is 5.91 Å². The van der Waals surface area contributed by atoms with Gasteiger partial charge in [-0.3, -0.25) is 4.79 Å². The van der Waals surface area contributed by atoms with Crippen molar-refractivity contribution in [3.8, 4) is 5.75 Å². The maximum Gasteiger partial charge on any atom is 0.250 e. The third-order valence-electron chi connectivity index (χ3n) is 4.95. The number of rotatable bonds is 7. The number of primary amides is 1. The Morgan fingerprint density at radius 1 is 1.33 bits per heavy atom. The van der Waals surface area contributed by atoms with Crippen LogP contribution in [0.5, 0.6) is 5.75 Å². The molecule has 0 saturated carbocycles. The molecule has 3 rings (SSSR count). The third kappa shape index (κ3) is 4.51. The van der Waals surface area contributed by atoms with Crippen molar-refractivity contribution < 1.29 is 14.3 Å². The van der Waals surface area contributed by atoms with Crippen LogP contribution in [0.15, 0.2) is 36.5 Å². The van der Waals surface area contributed by atoms with Crippen LogP contribution in [-0.4, -0.2) is 37.3 Å². The zero-order valence-electron chi connectivity index (χ0n) is 15.3. The van der Waals surface area contributed by atoms with E-state index in [0.717, 1.165) is 18.6 Å². The fourth-order valence-corrected chi connectivity index (χ4v) is 3.59. The first-order chi connectivity index (χ1) is 13.0. The predicted octanol–water partition coefficient (Wildman–Crippen LogP) is 3.39. The molecule has 1 saturated heterocycles. The number of amides is 1. The summed E-state index contributed by atoms with van der Waals surface area (Å²) in [6.07, 6.45) is 3.22. The van der Waals surface area contributed by atoms with Gasteiger partial charge in [0, 0.05) is 31.4 Å². The molecule has 7 heteroatoms. The Bertz CT molecular complexity index is 790. The standard InChI is InChI=1S/C20H24ClN3O3/c1-2-27-16-5-3-15(4-6-16)20(7-9-26-10-8-20)13-24-19-17(21)11-14(12-23-19)18(22)25/h3-6,11-12H,2,7-10,13H2,1H3,(H2,22,25)(H,23,24). The van der Waals surface area contributed by atoms with E-state index in [1.54, 1.807) is 0 Å². The summed E-state index contributed by atoms with van der Waals surface area (Å²) >= 11 is 6.26. The van der Waals surface area contributed by atoms with Gasteiger partial charge in [-0.15, -0.1) is 0 Å². The number of anilines is 1. The molecule has 2 aromatic rings. The molecule has 0 aliphatic carbocycles. The molecule has 0 bridgehead atoms. The van der Waals surface area contributed by atoms with E-state index in [9.17, 15) is 4.79 Å². The average Bonchev–Trinajstić information content (AvgIpc) is 2.68. The molecule has 144 valence electrons. The Morgan fingerprint density at radius 2 is 2.04 bits per heavy atom. The van der Waals surface area contributed by atoms with Crippen LogP contribution in [-0.2, 0) is 10.2 Å². The summed E-state index contributed by atoms with van der Waals surface area (Å²) in [6.45, 7) is 4.68. The van der Waals surface area contributed by atoms with Crippen molar-refractivity contribution in [2.45, 2.75) is 25.2 Å². The first-order valence-corrected chi connectivity index (χ1v) is 9.42. The molecular weight excluding hydrogens is 366 g/mol. The molecule has 1 aliphatic rings. The van der Waals surface area contributed by atoms with Crippen molar-refractivity contribution in [3.05, 3.63) is 52.7 Å². The van der Waals surface area contributed by atoms with Crippen LogP contribution >= 0.6 is 11.6 Å². The molecule has 27 heavy (non-hydrogen) atoms. The van der Waals surface area contributed by atoms with Gasteiger partial charge in [0.15, 0.2) is 0 Å². The van der Waals surface area contributed by atoms with E-state index in [-0.39, 0.29) is 11.0 Å². The Hall–Kier alpha value is -2.31. The highest BCUT2D eigenvalue weighted by atomic mass is 35.5. The second-order valence-electron chi connectivity index (χ2n) is 6.62. The van der Waals surface area contributed by atoms with Crippen molar-refractivity contribution in [2.75, 3.05) is 31.7 Å². The maximum atomic E-state index is 11.3. The van der Waals surface area contributed by atoms with Gasteiger partial charge in [-0.05, 0) is 43.5 Å². The summed E-state index contributed by atoms with van der Waals surface area (Å²) in [5, 5.41) is 3.72. The Kier molecular flexibility index (Phi) is 6.19. The van der Waals surface area contributed by atoms with Crippen LogP contribution in [0, 0.1) is 0 Å². The lowest BCUT2D eigenvalue weighted by Gasteiger charge is -2.38. The Labute approximate surface area is 164 Å². The van der Waals surface area contributed by atoms with Crippen LogP contribution in [0.2, 0.25) is 5.02 Å². The smallest absolute Gasteiger partial charge is 0.250 e. The van der Waals surface area contributed by atoms with Gasteiger partial charge in [0.25, 0.3) is 0 Å². The van der Waals surface area contributed by atoms with Gasteiger partial charge in [-0.1, -0.05) is 23.7 Å². The molecule has 6 nitrogen and oxygen atoms in total. The van der Waals surface area contributed by atoms with Crippen LogP contribution in [0.25, 0.3) is 0 Å². The highest BCUT2D eigenvalue weighted by Gasteiger charge is 2.34. The third-order valence-corrected chi connectivity index (χ3v) is 5.24. The second-order valence-corrected chi connectivity index (χ2v) is 7.03. The molecule has 0 atom stereocenters. The van der Waals surface area contributed by atoms with E-state index in [2.05, 4.69) is 22.4 Å². The maximum absolute atomic E-state index is 11.3. The Balaban J connectivity index is 1.80. The van der Waals surface area contributed by atoms with Gasteiger partial charge in [0.1, 0.15) is 11.6 Å². The SMILES string of the molecule is CCOc1ccc(C2(CNc3ncc(C(N)=O)cc3Cl)CCOCC2)cc1. The molecule has 3 N–H and O–H groups in total. The number of benzene rings is 1. The summed E-state index contributed by atoms with van der Waals surface area (Å²) < 4.78 is 11.1. The molecule has 1 aromatic heterocycles. The number of hydrogen-bond donors (Lipinski definition) is 2. The minimum absolute atomic E-state index is 0.0869. The fourth-order valence-electron chi connectivity index (χ4n) is 3.36. The molecular formula is C20H24ClN3O3. The number of carbonyl (C=O) groups is 1. The first-order valence-electron chi connectivity index (χ1n) is 9.04. The highest BCUT2D eigenvalue weighted by molar-refractivity contribution is 6.33. The number of nitrogens with two attached hydrogens (primary N) is 1. The summed E-state index contributed by atoms with van der Waals surface area (Å²) in [6, 6.07) is 9.77.